The number of aryl methyl sites for hydroxylation is 1. The Bertz CT molecular complexity index is 949. The summed E-state index contributed by atoms with van der Waals surface area (Å²) in [7, 11) is 0. The molecular weight excluding hydrogens is 382 g/mol. The van der Waals surface area contributed by atoms with Crippen LogP contribution in [-0.4, -0.2) is 37.5 Å². The molecule has 0 saturated heterocycles. The number of nitrogens with zero attached hydrogens (tertiary/aromatic N) is 4. The van der Waals surface area contributed by atoms with E-state index in [9.17, 15) is 4.79 Å². The monoisotopic (exact) mass is 407 g/mol. The highest BCUT2D eigenvalue weighted by Crippen LogP contribution is 2.28. The molecule has 2 aromatic heterocycles. The van der Waals surface area contributed by atoms with Crippen LogP contribution in [-0.2, 0) is 4.79 Å². The molecular formula is C22H25N5OS. The second-order valence-corrected chi connectivity index (χ2v) is 8.35. The standard InChI is InChI=1S/C22H25N5OS/c1-16-7-9-19(10-8-16)27-21(17-11-13-23-14-12-17)25-26-22(27)29-15-20(28)24-18-5-3-2-4-6-18/h7-14,18H,2-6,15H2,1H3,(H,24,28). The van der Waals surface area contributed by atoms with Crippen molar-refractivity contribution in [3.8, 4) is 17.1 Å². The zero-order chi connectivity index (χ0) is 20.1. The van der Waals surface area contributed by atoms with Gasteiger partial charge in [0, 0.05) is 29.7 Å². The van der Waals surface area contributed by atoms with Gasteiger partial charge in [-0.3, -0.25) is 14.3 Å². The minimum Gasteiger partial charge on any atom is -0.353 e. The van der Waals surface area contributed by atoms with Gasteiger partial charge in [0.1, 0.15) is 0 Å². The van der Waals surface area contributed by atoms with Gasteiger partial charge in [-0.1, -0.05) is 48.7 Å². The van der Waals surface area contributed by atoms with Gasteiger partial charge in [0.15, 0.2) is 11.0 Å². The summed E-state index contributed by atoms with van der Waals surface area (Å²) in [6.45, 7) is 2.06. The Morgan fingerprint density at radius 1 is 1.07 bits per heavy atom. The van der Waals surface area contributed by atoms with Crippen molar-refractivity contribution in [1.29, 1.82) is 0 Å². The molecule has 0 spiro atoms. The quantitative estimate of drug-likeness (QED) is 0.621. The molecule has 1 aliphatic carbocycles. The molecule has 1 aromatic carbocycles. The van der Waals surface area contributed by atoms with Crippen LogP contribution in [0.15, 0.2) is 53.9 Å². The van der Waals surface area contributed by atoms with Gasteiger partial charge in [-0.2, -0.15) is 0 Å². The van der Waals surface area contributed by atoms with Gasteiger partial charge < -0.3 is 5.32 Å². The first-order chi connectivity index (χ1) is 14.2. The second-order valence-electron chi connectivity index (χ2n) is 7.40. The van der Waals surface area contributed by atoms with E-state index in [1.165, 1.54) is 36.6 Å². The van der Waals surface area contributed by atoms with Crippen molar-refractivity contribution in [2.45, 2.75) is 50.2 Å². The van der Waals surface area contributed by atoms with Gasteiger partial charge in [0.2, 0.25) is 5.91 Å². The number of aromatic nitrogens is 4. The van der Waals surface area contributed by atoms with Crippen molar-refractivity contribution < 1.29 is 4.79 Å². The number of benzene rings is 1. The maximum Gasteiger partial charge on any atom is 0.230 e. The van der Waals surface area contributed by atoms with Crippen LogP contribution in [0.2, 0.25) is 0 Å². The van der Waals surface area contributed by atoms with Crippen LogP contribution < -0.4 is 5.32 Å². The molecule has 4 rings (SSSR count). The predicted octanol–water partition coefficient (Wildman–Crippen LogP) is 4.18. The average molecular weight is 408 g/mol. The van der Waals surface area contributed by atoms with Gasteiger partial charge in [-0.05, 0) is 44.0 Å². The first-order valence-corrected chi connectivity index (χ1v) is 11.0. The van der Waals surface area contributed by atoms with Crippen molar-refractivity contribution in [3.05, 3.63) is 54.4 Å². The number of nitrogens with one attached hydrogen (secondary N) is 1. The Morgan fingerprint density at radius 3 is 2.52 bits per heavy atom. The van der Waals surface area contributed by atoms with E-state index in [0.29, 0.717) is 17.0 Å². The molecule has 2 heterocycles. The van der Waals surface area contributed by atoms with Crippen LogP contribution in [0.3, 0.4) is 0 Å². The maximum atomic E-state index is 12.5. The molecule has 7 heteroatoms. The number of hydrogen-bond donors (Lipinski definition) is 1. The third-order valence-corrected chi connectivity index (χ3v) is 6.10. The average Bonchev–Trinajstić information content (AvgIpc) is 3.18. The largest absolute Gasteiger partial charge is 0.353 e. The third-order valence-electron chi connectivity index (χ3n) is 5.17. The topological polar surface area (TPSA) is 72.7 Å². The van der Waals surface area contributed by atoms with Crippen molar-refractivity contribution in [2.24, 2.45) is 0 Å². The minimum absolute atomic E-state index is 0.0609. The van der Waals surface area contributed by atoms with Crippen LogP contribution in [0, 0.1) is 6.92 Å². The van der Waals surface area contributed by atoms with Crippen molar-refractivity contribution in [3.63, 3.8) is 0 Å². The molecule has 1 N–H and O–H groups in total. The Balaban J connectivity index is 1.55. The molecule has 1 fully saturated rings. The van der Waals surface area contributed by atoms with Crippen molar-refractivity contribution in [1.82, 2.24) is 25.1 Å². The van der Waals surface area contributed by atoms with Crippen molar-refractivity contribution in [2.75, 3.05) is 5.75 Å². The smallest absolute Gasteiger partial charge is 0.230 e. The molecule has 0 radical (unpaired) electrons. The van der Waals surface area contributed by atoms with Crippen LogP contribution >= 0.6 is 11.8 Å². The lowest BCUT2D eigenvalue weighted by atomic mass is 9.95. The summed E-state index contributed by atoms with van der Waals surface area (Å²) >= 11 is 1.42. The van der Waals surface area contributed by atoms with E-state index < -0.39 is 0 Å². The second kappa shape index (κ2) is 9.22. The van der Waals surface area contributed by atoms with Crippen molar-refractivity contribution >= 4 is 17.7 Å². The van der Waals surface area contributed by atoms with E-state index in [-0.39, 0.29) is 5.91 Å². The van der Waals surface area contributed by atoms with Gasteiger partial charge >= 0.3 is 0 Å². The Kier molecular flexibility index (Phi) is 6.24. The summed E-state index contributed by atoms with van der Waals surface area (Å²) in [5.74, 6) is 1.13. The van der Waals surface area contributed by atoms with E-state index in [2.05, 4.69) is 51.7 Å². The summed E-state index contributed by atoms with van der Waals surface area (Å²) in [5, 5.41) is 12.7. The van der Waals surface area contributed by atoms with E-state index in [0.717, 1.165) is 29.9 Å². The molecule has 0 bridgehead atoms. The summed E-state index contributed by atoms with van der Waals surface area (Å²) in [5.41, 5.74) is 3.10. The number of carbonyl (C=O) groups excluding carboxylic acids is 1. The van der Waals surface area contributed by atoms with Gasteiger partial charge in [-0.25, -0.2) is 0 Å². The number of rotatable bonds is 6. The SMILES string of the molecule is Cc1ccc(-n2c(SCC(=O)NC3CCCCC3)nnc2-c2ccncc2)cc1. The number of thioether (sulfide) groups is 1. The third kappa shape index (κ3) is 4.85. The van der Waals surface area contributed by atoms with Crippen LogP contribution in [0.4, 0.5) is 0 Å². The van der Waals surface area contributed by atoms with Gasteiger partial charge in [0.05, 0.1) is 5.75 Å². The lowest BCUT2D eigenvalue weighted by Gasteiger charge is -2.22. The summed E-state index contributed by atoms with van der Waals surface area (Å²) in [6.07, 6.45) is 9.34. The first kappa shape index (κ1) is 19.6. The molecule has 3 aromatic rings. The maximum absolute atomic E-state index is 12.5. The minimum atomic E-state index is 0.0609. The van der Waals surface area contributed by atoms with E-state index in [4.69, 9.17) is 0 Å². The molecule has 29 heavy (non-hydrogen) atoms. The van der Waals surface area contributed by atoms with Crippen LogP contribution in [0.5, 0.6) is 0 Å². The van der Waals surface area contributed by atoms with E-state index in [1.54, 1.807) is 12.4 Å². The van der Waals surface area contributed by atoms with Gasteiger partial charge in [-0.15, -0.1) is 10.2 Å². The predicted molar refractivity (Wildman–Crippen MR) is 115 cm³/mol. The molecule has 6 nitrogen and oxygen atoms in total. The lowest BCUT2D eigenvalue weighted by Crippen LogP contribution is -2.37. The molecule has 0 aliphatic heterocycles. The first-order valence-electron chi connectivity index (χ1n) is 10.1. The molecule has 0 atom stereocenters. The van der Waals surface area contributed by atoms with E-state index in [1.807, 2.05) is 16.7 Å². The van der Waals surface area contributed by atoms with Crippen LogP contribution in [0.25, 0.3) is 17.1 Å². The highest BCUT2D eigenvalue weighted by atomic mass is 32.2. The van der Waals surface area contributed by atoms with Crippen LogP contribution in [0.1, 0.15) is 37.7 Å². The number of amides is 1. The Morgan fingerprint density at radius 2 is 1.79 bits per heavy atom. The molecule has 1 saturated carbocycles. The normalized spacial score (nSPS) is 14.7. The summed E-state index contributed by atoms with van der Waals surface area (Å²) < 4.78 is 2.01. The molecule has 150 valence electrons. The fraction of sp³-hybridized carbons (Fsp3) is 0.364. The number of carbonyl (C=O) groups is 1. The van der Waals surface area contributed by atoms with Gasteiger partial charge in [0.25, 0.3) is 0 Å². The fourth-order valence-electron chi connectivity index (χ4n) is 3.62. The van der Waals surface area contributed by atoms with E-state index >= 15 is 0 Å². The molecule has 1 amide bonds. The zero-order valence-electron chi connectivity index (χ0n) is 16.5. The molecule has 1 aliphatic rings. The summed E-state index contributed by atoms with van der Waals surface area (Å²) in [6, 6.07) is 12.4. The Hall–Kier alpha value is -2.67. The zero-order valence-corrected chi connectivity index (χ0v) is 17.4. The summed E-state index contributed by atoms with van der Waals surface area (Å²) in [4.78, 5) is 16.5. The Labute approximate surface area is 175 Å². The highest BCUT2D eigenvalue weighted by molar-refractivity contribution is 7.99. The number of hydrogen-bond acceptors (Lipinski definition) is 5. The number of pyridine rings is 1. The lowest BCUT2D eigenvalue weighted by molar-refractivity contribution is -0.119. The fourth-order valence-corrected chi connectivity index (χ4v) is 4.39. The highest BCUT2D eigenvalue weighted by Gasteiger charge is 2.19. The molecule has 0 unspecified atom stereocenters.